The molecule has 4 nitrogen and oxygen atoms in total. The third kappa shape index (κ3) is 2.81. The van der Waals surface area contributed by atoms with Crippen LogP contribution in [0.15, 0.2) is 35.1 Å². The highest BCUT2D eigenvalue weighted by atomic mass is 35.5. The summed E-state index contributed by atoms with van der Waals surface area (Å²) >= 11 is 6.25. The van der Waals surface area contributed by atoms with E-state index in [4.69, 9.17) is 20.8 Å². The molecule has 2 atom stereocenters. The lowest BCUT2D eigenvalue weighted by atomic mass is 10.0. The number of oxazole rings is 1. The Morgan fingerprint density at radius 2 is 2.40 bits per heavy atom. The summed E-state index contributed by atoms with van der Waals surface area (Å²) in [5.74, 6) is 1.62. The standard InChI is InChI=1S/C15H17ClN2O2/c1-10-2-3-13(12(16)8-10)20-14(11-4-5-17-9-11)15-18-6-7-19-15/h2-3,6-8,11,14,17H,4-5,9H2,1H3/t11-,14?/m0/s1. The van der Waals surface area contributed by atoms with Crippen molar-refractivity contribution in [2.45, 2.75) is 19.4 Å². The number of aromatic nitrogens is 1. The van der Waals surface area contributed by atoms with E-state index in [9.17, 15) is 0 Å². The largest absolute Gasteiger partial charge is 0.479 e. The first-order valence-corrected chi connectivity index (χ1v) is 7.15. The predicted molar refractivity (Wildman–Crippen MR) is 77.0 cm³/mol. The quantitative estimate of drug-likeness (QED) is 0.938. The summed E-state index contributed by atoms with van der Waals surface area (Å²) in [6, 6.07) is 5.78. The minimum absolute atomic E-state index is 0.208. The second kappa shape index (κ2) is 5.85. The van der Waals surface area contributed by atoms with Crippen LogP contribution in [0.4, 0.5) is 0 Å². The lowest BCUT2D eigenvalue weighted by Crippen LogP contribution is -2.21. The molecule has 0 amide bonds. The summed E-state index contributed by atoms with van der Waals surface area (Å²) in [6.45, 7) is 3.89. The molecule has 3 rings (SSSR count). The van der Waals surface area contributed by atoms with Gasteiger partial charge in [-0.05, 0) is 37.6 Å². The summed E-state index contributed by atoms with van der Waals surface area (Å²) in [6.07, 6.45) is 4.05. The van der Waals surface area contributed by atoms with Crippen LogP contribution in [-0.2, 0) is 0 Å². The molecule has 20 heavy (non-hydrogen) atoms. The Hall–Kier alpha value is -1.52. The highest BCUT2D eigenvalue weighted by Gasteiger charge is 2.31. The first kappa shape index (κ1) is 13.5. The van der Waals surface area contributed by atoms with Crippen LogP contribution >= 0.6 is 11.6 Å². The normalized spacial score (nSPS) is 20.0. The summed E-state index contributed by atoms with van der Waals surface area (Å²) in [4.78, 5) is 4.24. The van der Waals surface area contributed by atoms with Gasteiger partial charge in [0.15, 0.2) is 6.10 Å². The second-order valence-electron chi connectivity index (χ2n) is 5.10. The fraction of sp³-hybridized carbons (Fsp3) is 0.400. The molecule has 0 saturated carbocycles. The van der Waals surface area contributed by atoms with E-state index in [1.54, 1.807) is 12.5 Å². The topological polar surface area (TPSA) is 47.3 Å². The number of ether oxygens (including phenoxy) is 1. The molecule has 1 N–H and O–H groups in total. The lowest BCUT2D eigenvalue weighted by Gasteiger charge is -2.22. The molecule has 1 fully saturated rings. The van der Waals surface area contributed by atoms with Crippen molar-refractivity contribution in [2.75, 3.05) is 13.1 Å². The van der Waals surface area contributed by atoms with E-state index >= 15 is 0 Å². The van der Waals surface area contributed by atoms with E-state index < -0.39 is 0 Å². The fourth-order valence-electron chi connectivity index (χ4n) is 2.50. The van der Waals surface area contributed by atoms with Crippen LogP contribution in [-0.4, -0.2) is 18.1 Å². The van der Waals surface area contributed by atoms with Crippen molar-refractivity contribution in [1.29, 1.82) is 0 Å². The van der Waals surface area contributed by atoms with Gasteiger partial charge in [-0.2, -0.15) is 0 Å². The number of nitrogens with zero attached hydrogens (tertiary/aromatic N) is 1. The average Bonchev–Trinajstić information content (AvgIpc) is 3.11. The molecule has 1 saturated heterocycles. The van der Waals surface area contributed by atoms with Gasteiger partial charge in [-0.25, -0.2) is 4.98 Å². The molecule has 5 heteroatoms. The first-order chi connectivity index (χ1) is 9.74. The molecule has 1 aliphatic heterocycles. The van der Waals surface area contributed by atoms with Crippen LogP contribution in [0.3, 0.4) is 0 Å². The molecule has 0 aliphatic carbocycles. The van der Waals surface area contributed by atoms with E-state index in [2.05, 4.69) is 10.3 Å². The van der Waals surface area contributed by atoms with Crippen molar-refractivity contribution in [3.63, 3.8) is 0 Å². The molecule has 1 aromatic heterocycles. The Balaban J connectivity index is 1.86. The van der Waals surface area contributed by atoms with Gasteiger partial charge < -0.3 is 14.5 Å². The van der Waals surface area contributed by atoms with Crippen LogP contribution in [0, 0.1) is 12.8 Å². The van der Waals surface area contributed by atoms with Crippen LogP contribution in [0.5, 0.6) is 5.75 Å². The van der Waals surface area contributed by atoms with E-state index in [0.29, 0.717) is 22.6 Å². The Bertz CT molecular complexity index is 565. The van der Waals surface area contributed by atoms with Gasteiger partial charge in [0, 0.05) is 12.5 Å². The number of halogens is 1. The van der Waals surface area contributed by atoms with Gasteiger partial charge in [0.2, 0.25) is 5.89 Å². The maximum atomic E-state index is 6.25. The van der Waals surface area contributed by atoms with Crippen molar-refractivity contribution in [2.24, 2.45) is 5.92 Å². The number of rotatable bonds is 4. The Kier molecular flexibility index (Phi) is 3.94. The average molecular weight is 293 g/mol. The van der Waals surface area contributed by atoms with Crippen LogP contribution in [0.1, 0.15) is 24.0 Å². The van der Waals surface area contributed by atoms with Crippen LogP contribution < -0.4 is 10.1 Å². The highest BCUT2D eigenvalue weighted by Crippen LogP contribution is 2.34. The van der Waals surface area contributed by atoms with Gasteiger partial charge in [0.25, 0.3) is 0 Å². The van der Waals surface area contributed by atoms with Gasteiger partial charge in [-0.15, -0.1) is 0 Å². The highest BCUT2D eigenvalue weighted by molar-refractivity contribution is 6.32. The number of benzene rings is 1. The number of nitrogens with one attached hydrogen (secondary N) is 1. The second-order valence-corrected chi connectivity index (χ2v) is 5.50. The number of hydrogen-bond donors (Lipinski definition) is 1. The van der Waals surface area contributed by atoms with Gasteiger partial charge in [-0.3, -0.25) is 0 Å². The fourth-order valence-corrected chi connectivity index (χ4v) is 2.78. The zero-order valence-electron chi connectivity index (χ0n) is 11.3. The molecule has 0 radical (unpaired) electrons. The van der Waals surface area contributed by atoms with Gasteiger partial charge >= 0.3 is 0 Å². The van der Waals surface area contributed by atoms with Crippen LogP contribution in [0.2, 0.25) is 5.02 Å². The van der Waals surface area contributed by atoms with E-state index in [1.165, 1.54) is 0 Å². The van der Waals surface area contributed by atoms with Crippen molar-refractivity contribution in [1.82, 2.24) is 10.3 Å². The molecular weight excluding hydrogens is 276 g/mol. The van der Waals surface area contributed by atoms with Gasteiger partial charge in [-0.1, -0.05) is 17.7 Å². The number of aryl methyl sites for hydroxylation is 1. The first-order valence-electron chi connectivity index (χ1n) is 6.77. The minimum atomic E-state index is -0.208. The van der Waals surface area contributed by atoms with Gasteiger partial charge in [0.05, 0.1) is 11.2 Å². The monoisotopic (exact) mass is 292 g/mol. The molecule has 2 aromatic rings. The van der Waals surface area contributed by atoms with E-state index in [1.807, 2.05) is 25.1 Å². The summed E-state index contributed by atoms with van der Waals surface area (Å²) < 4.78 is 11.5. The summed E-state index contributed by atoms with van der Waals surface area (Å²) in [5.41, 5.74) is 1.11. The van der Waals surface area contributed by atoms with Gasteiger partial charge in [0.1, 0.15) is 12.0 Å². The third-order valence-corrected chi connectivity index (χ3v) is 3.86. The molecule has 1 aromatic carbocycles. The molecule has 1 unspecified atom stereocenters. The van der Waals surface area contributed by atoms with Crippen molar-refractivity contribution >= 4 is 11.6 Å². The minimum Gasteiger partial charge on any atom is -0.479 e. The van der Waals surface area contributed by atoms with E-state index in [0.717, 1.165) is 25.1 Å². The maximum absolute atomic E-state index is 6.25. The van der Waals surface area contributed by atoms with Crippen LogP contribution in [0.25, 0.3) is 0 Å². The zero-order chi connectivity index (χ0) is 13.9. The molecule has 1 aliphatic rings. The molecule has 0 bridgehead atoms. The molecule has 2 heterocycles. The van der Waals surface area contributed by atoms with Crippen molar-refractivity contribution in [3.05, 3.63) is 47.1 Å². The van der Waals surface area contributed by atoms with Crippen molar-refractivity contribution in [3.8, 4) is 5.75 Å². The predicted octanol–water partition coefficient (Wildman–Crippen LogP) is 3.37. The van der Waals surface area contributed by atoms with E-state index in [-0.39, 0.29) is 6.10 Å². The third-order valence-electron chi connectivity index (χ3n) is 3.56. The number of hydrogen-bond acceptors (Lipinski definition) is 4. The lowest BCUT2D eigenvalue weighted by molar-refractivity contribution is 0.114. The Labute approximate surface area is 123 Å². The Morgan fingerprint density at radius 3 is 3.05 bits per heavy atom. The summed E-state index contributed by atoms with van der Waals surface area (Å²) in [5, 5.41) is 3.96. The zero-order valence-corrected chi connectivity index (χ0v) is 12.1. The maximum Gasteiger partial charge on any atom is 0.235 e. The molecular formula is C15H17ClN2O2. The van der Waals surface area contributed by atoms with Crippen molar-refractivity contribution < 1.29 is 9.15 Å². The molecule has 106 valence electrons. The Morgan fingerprint density at radius 1 is 1.50 bits per heavy atom. The SMILES string of the molecule is Cc1ccc(OC(c2ncco2)[C@H]2CCNC2)c(Cl)c1. The molecule has 0 spiro atoms. The summed E-state index contributed by atoms with van der Waals surface area (Å²) in [7, 11) is 0. The smallest absolute Gasteiger partial charge is 0.235 e.